The molecule has 0 N–H and O–H groups in total. The largest absolute Gasteiger partial charge is 0.462 e. The van der Waals surface area contributed by atoms with Crippen molar-refractivity contribution in [3.63, 3.8) is 0 Å². The van der Waals surface area contributed by atoms with Crippen LogP contribution in [0.5, 0.6) is 0 Å². The molecule has 6 rings (SSSR count). The highest BCUT2D eigenvalue weighted by molar-refractivity contribution is 5.86. The van der Waals surface area contributed by atoms with E-state index in [2.05, 4.69) is 79.4 Å². The Labute approximate surface area is 171 Å². The minimum Gasteiger partial charge on any atom is -0.462 e. The summed E-state index contributed by atoms with van der Waals surface area (Å²) in [5.41, 5.74) is 8.66. The average Bonchev–Trinajstić information content (AvgIpc) is 2.76. The molecule has 2 heteroatoms. The summed E-state index contributed by atoms with van der Waals surface area (Å²) >= 11 is 0. The van der Waals surface area contributed by atoms with E-state index in [1.54, 1.807) is 6.92 Å². The van der Waals surface area contributed by atoms with Crippen LogP contribution in [0.2, 0.25) is 0 Å². The van der Waals surface area contributed by atoms with E-state index in [1.165, 1.54) is 33.4 Å². The Morgan fingerprint density at radius 3 is 1.76 bits per heavy atom. The zero-order chi connectivity index (χ0) is 20.0. The molecule has 0 fully saturated rings. The van der Waals surface area contributed by atoms with Gasteiger partial charge in [-0.2, -0.15) is 0 Å². The van der Waals surface area contributed by atoms with Crippen molar-refractivity contribution in [2.24, 2.45) is 0 Å². The molecule has 2 nitrogen and oxygen atoms in total. The van der Waals surface area contributed by atoms with E-state index in [4.69, 9.17) is 4.74 Å². The second-order valence-electron chi connectivity index (χ2n) is 8.12. The van der Waals surface area contributed by atoms with Crippen LogP contribution in [0.4, 0.5) is 0 Å². The van der Waals surface area contributed by atoms with Gasteiger partial charge in [-0.05, 0) is 53.1 Å². The Hall–Kier alpha value is -3.13. The summed E-state index contributed by atoms with van der Waals surface area (Å²) in [5.74, 6) is -0.0160. The fourth-order valence-electron chi connectivity index (χ4n) is 5.38. The van der Waals surface area contributed by atoms with Crippen LogP contribution in [0.3, 0.4) is 0 Å². The van der Waals surface area contributed by atoms with Crippen LogP contribution in [-0.2, 0) is 14.9 Å². The Morgan fingerprint density at radius 2 is 1.31 bits per heavy atom. The Balaban J connectivity index is 1.63. The van der Waals surface area contributed by atoms with Gasteiger partial charge in [0, 0.05) is 16.9 Å². The van der Waals surface area contributed by atoms with Crippen molar-refractivity contribution < 1.29 is 9.53 Å². The van der Waals surface area contributed by atoms with Gasteiger partial charge in [0.25, 0.3) is 0 Å². The molecule has 0 spiro atoms. The lowest BCUT2D eigenvalue weighted by atomic mass is 9.52. The van der Waals surface area contributed by atoms with E-state index in [-0.39, 0.29) is 11.4 Å². The van der Waals surface area contributed by atoms with Crippen LogP contribution in [0.25, 0.3) is 0 Å². The molecular weight excluding hydrogens is 356 g/mol. The molecule has 3 aromatic carbocycles. The maximum absolute atomic E-state index is 11.8. The number of rotatable bonds is 5. The predicted molar refractivity (Wildman–Crippen MR) is 115 cm³/mol. The van der Waals surface area contributed by atoms with E-state index >= 15 is 0 Å². The van der Waals surface area contributed by atoms with Crippen LogP contribution >= 0.6 is 0 Å². The molecule has 0 saturated carbocycles. The third kappa shape index (κ3) is 2.52. The first-order valence-corrected chi connectivity index (χ1v) is 10.3. The molecule has 3 aromatic rings. The molecule has 2 bridgehead atoms. The molecule has 3 aliphatic carbocycles. The molecule has 144 valence electrons. The summed E-state index contributed by atoms with van der Waals surface area (Å²) < 4.78 is 5.42. The minimum absolute atomic E-state index is 0.200. The highest BCUT2D eigenvalue weighted by Gasteiger charge is 2.50. The minimum atomic E-state index is -0.309. The zero-order valence-electron chi connectivity index (χ0n) is 16.7. The highest BCUT2D eigenvalue weighted by atomic mass is 16.5. The van der Waals surface area contributed by atoms with Gasteiger partial charge in [0.05, 0.1) is 6.61 Å². The van der Waals surface area contributed by atoms with Crippen LogP contribution in [0.15, 0.2) is 84.9 Å². The van der Waals surface area contributed by atoms with Crippen LogP contribution in [-0.4, -0.2) is 12.6 Å². The molecule has 0 radical (unpaired) electrons. The summed E-state index contributed by atoms with van der Waals surface area (Å²) in [6, 6.07) is 26.6. The summed E-state index contributed by atoms with van der Waals surface area (Å²) in [6.45, 7) is 5.77. The maximum atomic E-state index is 11.8. The van der Waals surface area contributed by atoms with Gasteiger partial charge < -0.3 is 4.74 Å². The van der Waals surface area contributed by atoms with Crippen molar-refractivity contribution >= 4 is 5.97 Å². The number of hydrogen-bond acceptors (Lipinski definition) is 2. The average molecular weight is 380 g/mol. The Morgan fingerprint density at radius 1 is 0.862 bits per heavy atom. The van der Waals surface area contributed by atoms with Crippen molar-refractivity contribution in [3.05, 3.63) is 118 Å². The van der Waals surface area contributed by atoms with Crippen molar-refractivity contribution in [2.75, 3.05) is 6.61 Å². The van der Waals surface area contributed by atoms with E-state index in [9.17, 15) is 4.79 Å². The zero-order valence-corrected chi connectivity index (χ0v) is 16.7. The van der Waals surface area contributed by atoms with E-state index < -0.39 is 0 Å². The topological polar surface area (TPSA) is 26.3 Å². The van der Waals surface area contributed by atoms with E-state index in [1.807, 2.05) is 0 Å². The number of carbonyl (C=O) groups excluding carboxylic acids is 1. The summed E-state index contributed by atoms with van der Waals surface area (Å²) in [7, 11) is 0. The molecule has 0 amide bonds. The Kier molecular flexibility index (Phi) is 4.16. The number of carbonyl (C=O) groups is 1. The third-order valence-electron chi connectivity index (χ3n) is 6.47. The SMILES string of the molecule is C=C(C)C(=O)OCCCC12c3ccccc3C(c3ccccc31)c1ccccc12. The molecule has 0 atom stereocenters. The smallest absolute Gasteiger partial charge is 0.333 e. The van der Waals surface area contributed by atoms with E-state index in [0.29, 0.717) is 18.1 Å². The van der Waals surface area contributed by atoms with Gasteiger partial charge in [0.2, 0.25) is 0 Å². The number of benzene rings is 3. The number of esters is 1. The van der Waals surface area contributed by atoms with Crippen molar-refractivity contribution in [3.8, 4) is 0 Å². The van der Waals surface area contributed by atoms with Gasteiger partial charge in [-0.1, -0.05) is 79.4 Å². The molecule has 0 unspecified atom stereocenters. The quantitative estimate of drug-likeness (QED) is 0.321. The first-order chi connectivity index (χ1) is 14.1. The summed E-state index contributed by atoms with van der Waals surface area (Å²) in [4.78, 5) is 11.8. The lowest BCUT2D eigenvalue weighted by Crippen LogP contribution is -2.42. The molecule has 0 aromatic heterocycles. The van der Waals surface area contributed by atoms with Gasteiger partial charge in [-0.3, -0.25) is 0 Å². The van der Waals surface area contributed by atoms with Gasteiger partial charge in [-0.25, -0.2) is 4.79 Å². The van der Waals surface area contributed by atoms with E-state index in [0.717, 1.165) is 12.8 Å². The molecule has 29 heavy (non-hydrogen) atoms. The first-order valence-electron chi connectivity index (χ1n) is 10.3. The monoisotopic (exact) mass is 380 g/mol. The van der Waals surface area contributed by atoms with Crippen molar-refractivity contribution in [1.29, 1.82) is 0 Å². The standard InChI is InChI=1S/C27H24O2/c1-18(2)26(28)29-17-9-16-27-22-13-6-3-10-19(22)25(20-11-4-7-14-23(20)27)21-12-5-8-15-24(21)27/h3-8,10-15,25H,1,9,16-17H2,2H3. The van der Waals surface area contributed by atoms with Crippen LogP contribution in [0, 0.1) is 0 Å². The van der Waals surface area contributed by atoms with Crippen molar-refractivity contribution in [1.82, 2.24) is 0 Å². The Bertz CT molecular complexity index is 1010. The summed E-state index contributed by atoms with van der Waals surface area (Å²) in [6.07, 6.45) is 1.69. The van der Waals surface area contributed by atoms with Gasteiger partial charge >= 0.3 is 5.97 Å². The normalized spacial score (nSPS) is 20.4. The molecule has 3 aliphatic rings. The fourth-order valence-corrected chi connectivity index (χ4v) is 5.38. The first kappa shape index (κ1) is 17.9. The highest BCUT2D eigenvalue weighted by Crippen LogP contribution is 2.60. The molecular formula is C27H24O2. The van der Waals surface area contributed by atoms with Crippen LogP contribution < -0.4 is 0 Å². The maximum Gasteiger partial charge on any atom is 0.333 e. The predicted octanol–water partition coefficient (Wildman–Crippen LogP) is 5.73. The number of ether oxygens (including phenoxy) is 1. The lowest BCUT2D eigenvalue weighted by Gasteiger charge is -2.51. The van der Waals surface area contributed by atoms with Crippen LogP contribution in [0.1, 0.15) is 59.1 Å². The van der Waals surface area contributed by atoms with Gasteiger partial charge in [-0.15, -0.1) is 0 Å². The fraction of sp³-hybridized carbons (Fsp3) is 0.222. The molecule has 0 heterocycles. The molecule has 0 saturated heterocycles. The van der Waals surface area contributed by atoms with Crippen molar-refractivity contribution in [2.45, 2.75) is 31.1 Å². The lowest BCUT2D eigenvalue weighted by molar-refractivity contribution is -0.139. The third-order valence-corrected chi connectivity index (χ3v) is 6.47. The summed E-state index contributed by atoms with van der Waals surface area (Å²) in [5, 5.41) is 0. The van der Waals surface area contributed by atoms with Gasteiger partial charge in [0.15, 0.2) is 0 Å². The molecule has 0 aliphatic heterocycles. The number of hydrogen-bond donors (Lipinski definition) is 0. The second kappa shape index (κ2) is 6.73. The second-order valence-corrected chi connectivity index (χ2v) is 8.12. The van der Waals surface area contributed by atoms with Gasteiger partial charge in [0.1, 0.15) is 0 Å².